The number of nitrogens with zero attached hydrogens (tertiary/aromatic N) is 1. The number of methoxy groups -OCH3 is 2. The molecule has 0 aliphatic carbocycles. The van der Waals surface area contributed by atoms with Crippen LogP contribution in [-0.4, -0.2) is 37.6 Å². The minimum absolute atomic E-state index is 0.151. The van der Waals surface area contributed by atoms with Crippen LogP contribution in [0.3, 0.4) is 0 Å². The molecule has 0 heterocycles. The number of benzene rings is 3. The Hall–Kier alpha value is -3.80. The third kappa shape index (κ3) is 5.85. The molecule has 0 N–H and O–H groups in total. The fourth-order valence-corrected chi connectivity index (χ4v) is 3.18. The molecule has 160 valence electrons. The van der Waals surface area contributed by atoms with Crippen LogP contribution in [0, 0.1) is 0 Å². The average Bonchev–Trinajstić information content (AvgIpc) is 2.82. The summed E-state index contributed by atoms with van der Waals surface area (Å²) in [6.45, 7) is 0.425. The summed E-state index contributed by atoms with van der Waals surface area (Å²) in [7, 11) is 2.91. The predicted octanol–water partition coefficient (Wildman–Crippen LogP) is 4.09. The zero-order chi connectivity index (χ0) is 22.1. The van der Waals surface area contributed by atoms with Crippen molar-refractivity contribution in [3.05, 3.63) is 95.6 Å². The van der Waals surface area contributed by atoms with E-state index in [9.17, 15) is 9.59 Å². The van der Waals surface area contributed by atoms with Crippen molar-refractivity contribution < 1.29 is 23.8 Å². The van der Waals surface area contributed by atoms with E-state index in [0.29, 0.717) is 24.6 Å². The first kappa shape index (κ1) is 21.9. The maximum atomic E-state index is 13.0. The highest BCUT2D eigenvalue weighted by molar-refractivity contribution is 5.96. The molecular weight excluding hydrogens is 394 g/mol. The molecule has 0 bridgehead atoms. The summed E-state index contributed by atoms with van der Waals surface area (Å²) in [5.74, 6) is -0.332. The van der Waals surface area contributed by atoms with Crippen LogP contribution in [-0.2, 0) is 22.6 Å². The van der Waals surface area contributed by atoms with Crippen LogP contribution in [0.15, 0.2) is 78.9 Å². The lowest BCUT2D eigenvalue weighted by atomic mass is 10.1. The Morgan fingerprint density at radius 3 is 1.65 bits per heavy atom. The maximum absolute atomic E-state index is 13.0. The normalized spacial score (nSPS) is 10.3. The van der Waals surface area contributed by atoms with Gasteiger partial charge >= 0.3 is 5.97 Å². The molecule has 6 nitrogen and oxygen atoms in total. The molecule has 3 aromatic carbocycles. The number of hydrogen-bond donors (Lipinski definition) is 0. The van der Waals surface area contributed by atoms with E-state index in [1.807, 2.05) is 60.7 Å². The summed E-state index contributed by atoms with van der Waals surface area (Å²) in [4.78, 5) is 27.3. The molecule has 3 rings (SSSR count). The lowest BCUT2D eigenvalue weighted by Gasteiger charge is -2.23. The van der Waals surface area contributed by atoms with Crippen molar-refractivity contribution in [2.24, 2.45) is 0 Å². The second kappa shape index (κ2) is 10.8. The lowest BCUT2D eigenvalue weighted by molar-refractivity contribution is -0.135. The molecule has 0 fully saturated rings. The number of rotatable bonds is 9. The maximum Gasteiger partial charge on any atom is 0.346 e. The van der Waals surface area contributed by atoms with Gasteiger partial charge in [0.25, 0.3) is 5.91 Å². The van der Waals surface area contributed by atoms with E-state index < -0.39 is 5.97 Å². The molecule has 0 aromatic heterocycles. The lowest BCUT2D eigenvalue weighted by Crippen LogP contribution is -2.34. The number of carbonyl (C=O) groups excluding carboxylic acids is 2. The van der Waals surface area contributed by atoms with Crippen LogP contribution in [0.4, 0.5) is 0 Å². The van der Waals surface area contributed by atoms with Gasteiger partial charge in [0.05, 0.1) is 14.2 Å². The second-order valence-corrected chi connectivity index (χ2v) is 6.83. The van der Waals surface area contributed by atoms with Crippen molar-refractivity contribution in [1.29, 1.82) is 0 Å². The van der Waals surface area contributed by atoms with E-state index in [4.69, 9.17) is 14.2 Å². The third-order valence-corrected chi connectivity index (χ3v) is 4.74. The van der Waals surface area contributed by atoms with Crippen LogP contribution >= 0.6 is 0 Å². The fourth-order valence-electron chi connectivity index (χ4n) is 3.18. The van der Waals surface area contributed by atoms with Crippen molar-refractivity contribution in [1.82, 2.24) is 4.90 Å². The van der Waals surface area contributed by atoms with Gasteiger partial charge in [0.15, 0.2) is 6.61 Å². The number of carbonyl (C=O) groups is 2. The van der Waals surface area contributed by atoms with Crippen LogP contribution in [0.1, 0.15) is 21.5 Å². The highest BCUT2D eigenvalue weighted by Gasteiger charge is 2.22. The fraction of sp³-hybridized carbons (Fsp3) is 0.200. The van der Waals surface area contributed by atoms with Crippen molar-refractivity contribution in [2.75, 3.05) is 20.8 Å². The minimum Gasteiger partial charge on any atom is -0.496 e. The van der Waals surface area contributed by atoms with E-state index in [2.05, 4.69) is 0 Å². The summed E-state index contributed by atoms with van der Waals surface area (Å²) in [5.41, 5.74) is 2.13. The van der Waals surface area contributed by atoms with Crippen molar-refractivity contribution in [2.45, 2.75) is 13.1 Å². The van der Waals surface area contributed by atoms with Crippen molar-refractivity contribution >= 4 is 11.9 Å². The summed E-state index contributed by atoms with van der Waals surface area (Å²) in [6, 6.07) is 24.4. The number of amides is 1. The van der Waals surface area contributed by atoms with Gasteiger partial charge in [0.1, 0.15) is 17.1 Å². The van der Waals surface area contributed by atoms with Gasteiger partial charge in [0, 0.05) is 13.1 Å². The smallest absolute Gasteiger partial charge is 0.346 e. The largest absolute Gasteiger partial charge is 0.496 e. The van der Waals surface area contributed by atoms with Crippen molar-refractivity contribution in [3.63, 3.8) is 0 Å². The molecule has 0 aliphatic heterocycles. The number of ether oxygens (including phenoxy) is 3. The summed E-state index contributed by atoms with van der Waals surface area (Å²) >= 11 is 0. The van der Waals surface area contributed by atoms with Crippen molar-refractivity contribution in [3.8, 4) is 11.5 Å². The zero-order valence-corrected chi connectivity index (χ0v) is 17.6. The van der Waals surface area contributed by atoms with Gasteiger partial charge in [-0.15, -0.1) is 0 Å². The van der Waals surface area contributed by atoms with E-state index in [1.54, 1.807) is 23.1 Å². The molecule has 1 amide bonds. The molecule has 0 atom stereocenters. The predicted molar refractivity (Wildman–Crippen MR) is 117 cm³/mol. The quantitative estimate of drug-likeness (QED) is 0.489. The first-order valence-electron chi connectivity index (χ1n) is 9.86. The minimum atomic E-state index is -0.679. The van der Waals surface area contributed by atoms with E-state index in [0.717, 1.165) is 11.1 Å². The van der Waals surface area contributed by atoms with E-state index >= 15 is 0 Å². The monoisotopic (exact) mass is 419 g/mol. The highest BCUT2D eigenvalue weighted by atomic mass is 16.5. The first-order chi connectivity index (χ1) is 15.1. The molecule has 3 aromatic rings. The first-order valence-corrected chi connectivity index (χ1v) is 9.86. The Morgan fingerprint density at radius 2 is 1.19 bits per heavy atom. The third-order valence-electron chi connectivity index (χ3n) is 4.74. The van der Waals surface area contributed by atoms with Gasteiger partial charge in [-0.1, -0.05) is 66.7 Å². The molecule has 0 spiro atoms. The molecule has 6 heteroatoms. The molecule has 0 radical (unpaired) electrons. The Bertz CT molecular complexity index is 941. The molecule has 0 aliphatic rings. The van der Waals surface area contributed by atoms with Crippen LogP contribution < -0.4 is 9.47 Å². The number of esters is 1. The Kier molecular flexibility index (Phi) is 7.65. The van der Waals surface area contributed by atoms with Crippen LogP contribution in [0.2, 0.25) is 0 Å². The van der Waals surface area contributed by atoms with E-state index in [1.165, 1.54) is 14.2 Å². The van der Waals surface area contributed by atoms with Gasteiger partial charge < -0.3 is 19.1 Å². The molecule has 31 heavy (non-hydrogen) atoms. The van der Waals surface area contributed by atoms with Gasteiger partial charge in [0.2, 0.25) is 0 Å². The molecule has 0 unspecified atom stereocenters. The second-order valence-electron chi connectivity index (χ2n) is 6.83. The SMILES string of the molecule is COc1cccc(OC)c1C(=O)OCC(=O)N(Cc1ccccc1)Cc1ccccc1. The van der Waals surface area contributed by atoms with E-state index in [-0.39, 0.29) is 18.1 Å². The van der Waals surface area contributed by atoms with Gasteiger partial charge in [-0.05, 0) is 23.3 Å². The Morgan fingerprint density at radius 1 is 0.710 bits per heavy atom. The molecular formula is C25H25NO5. The van der Waals surface area contributed by atoms with Gasteiger partial charge in [-0.2, -0.15) is 0 Å². The Balaban J connectivity index is 1.73. The molecule has 0 saturated carbocycles. The summed E-state index contributed by atoms with van der Waals surface area (Å²) in [6.07, 6.45) is 0. The standard InChI is InChI=1S/C25H25NO5/c1-29-21-14-9-15-22(30-2)24(21)25(28)31-18-23(27)26(16-19-10-5-3-6-11-19)17-20-12-7-4-8-13-20/h3-15H,16-18H2,1-2H3. The average molecular weight is 419 g/mol. The molecule has 0 saturated heterocycles. The zero-order valence-electron chi connectivity index (χ0n) is 17.6. The number of hydrogen-bond acceptors (Lipinski definition) is 5. The topological polar surface area (TPSA) is 65.1 Å². The van der Waals surface area contributed by atoms with Gasteiger partial charge in [-0.3, -0.25) is 4.79 Å². The Labute approximate surface area is 182 Å². The van der Waals surface area contributed by atoms with Gasteiger partial charge in [-0.25, -0.2) is 4.79 Å². The van der Waals surface area contributed by atoms with Crippen LogP contribution in [0.5, 0.6) is 11.5 Å². The highest BCUT2D eigenvalue weighted by Crippen LogP contribution is 2.28. The summed E-state index contributed by atoms with van der Waals surface area (Å²) < 4.78 is 15.8. The summed E-state index contributed by atoms with van der Waals surface area (Å²) in [5, 5.41) is 0. The van der Waals surface area contributed by atoms with Crippen LogP contribution in [0.25, 0.3) is 0 Å².